The Labute approximate surface area is 481 Å². The molecule has 6 aromatic rings. The summed E-state index contributed by atoms with van der Waals surface area (Å²) in [5.41, 5.74) is 15.6. The molecule has 0 bridgehead atoms. The molecule has 3 fully saturated rings. The normalized spacial score (nSPS) is 28.0. The van der Waals surface area contributed by atoms with Crippen molar-refractivity contribution in [3.05, 3.63) is 46.0 Å². The maximum absolute atomic E-state index is 13.8. The van der Waals surface area contributed by atoms with E-state index in [1.807, 2.05) is 0 Å². The number of nitrogens with zero attached hydrogens (tertiary/aromatic N) is 11. The lowest BCUT2D eigenvalue weighted by molar-refractivity contribution is -0.745. The van der Waals surface area contributed by atoms with Gasteiger partial charge in [-0.1, -0.05) is 4.98 Å². The van der Waals surface area contributed by atoms with Crippen LogP contribution in [0.2, 0.25) is 0 Å². The monoisotopic (exact) mass is 1300 g/mol. The molecular weight excluding hydrogens is 1240 g/mol. The van der Waals surface area contributed by atoms with Crippen LogP contribution in [0, 0.1) is 5.92 Å². The van der Waals surface area contributed by atoms with Gasteiger partial charge in [-0.15, -0.1) is 0 Å². The van der Waals surface area contributed by atoms with E-state index < -0.39 is 148 Å². The smallest absolute Gasteiger partial charge is 0.387 e. The number of amides is 1. The number of hydrogen-bond acceptors (Lipinski definition) is 31. The van der Waals surface area contributed by atoms with Crippen LogP contribution in [0.4, 0.5) is 17.7 Å². The second-order valence-corrected chi connectivity index (χ2v) is 25.3. The molecule has 42 nitrogen and oxygen atoms in total. The number of aromatic amines is 2. The molecule has 3 saturated heterocycles. The van der Waals surface area contributed by atoms with Crippen LogP contribution in [-0.2, 0) is 85.2 Å². The van der Waals surface area contributed by atoms with Crippen LogP contribution in [0.25, 0.3) is 33.5 Å². The predicted molar refractivity (Wildman–Crippen MR) is 281 cm³/mol. The fraction of sp³-hybridized carbons (Fsp3) is 0.600. The summed E-state index contributed by atoms with van der Waals surface area (Å²) in [5.74, 6) is -2.64. The van der Waals surface area contributed by atoms with E-state index in [2.05, 4.69) is 48.5 Å². The first-order valence-corrected chi connectivity index (χ1v) is 31.1. The van der Waals surface area contributed by atoms with Crippen molar-refractivity contribution in [2.75, 3.05) is 84.7 Å². The number of carbonyl (C=O) groups excluding carboxylic acids is 1. The van der Waals surface area contributed by atoms with Gasteiger partial charge in [0.05, 0.1) is 58.8 Å². The van der Waals surface area contributed by atoms with E-state index in [4.69, 9.17) is 63.7 Å². The van der Waals surface area contributed by atoms with Crippen LogP contribution >= 0.6 is 31.3 Å². The van der Waals surface area contributed by atoms with Crippen molar-refractivity contribution in [1.29, 1.82) is 0 Å². The first-order chi connectivity index (χ1) is 40.5. The molecule has 1 amide bonds. The number of aromatic nitrogens is 12. The number of aliphatic hydroxyl groups excluding tert-OH is 3. The van der Waals surface area contributed by atoms with Crippen LogP contribution < -0.4 is 32.9 Å². The van der Waals surface area contributed by atoms with Crippen molar-refractivity contribution in [1.82, 2.24) is 58.5 Å². The number of methoxy groups -OCH3 is 3. The molecule has 0 aromatic carbocycles. The molecule has 6 aromatic heterocycles. The fourth-order valence-electron chi connectivity index (χ4n) is 9.72. The van der Waals surface area contributed by atoms with Gasteiger partial charge in [-0.25, -0.2) is 42.8 Å². The zero-order chi connectivity index (χ0) is 62.4. The van der Waals surface area contributed by atoms with Crippen LogP contribution in [0.5, 0.6) is 0 Å². The van der Waals surface area contributed by atoms with E-state index in [1.54, 1.807) is 0 Å². The highest BCUT2D eigenvalue weighted by molar-refractivity contribution is 7.66. The number of nitrogens with two attached hydrogens (primary N) is 3. The first kappa shape index (κ1) is 64.7. The van der Waals surface area contributed by atoms with E-state index >= 15 is 0 Å². The molecule has 0 saturated carbocycles. The quantitative estimate of drug-likeness (QED) is 0.0173. The molecule has 5 unspecified atom stereocenters. The van der Waals surface area contributed by atoms with Gasteiger partial charge in [0, 0.05) is 46.8 Å². The number of nitrogens with one attached hydrogen (secondary N) is 2. The van der Waals surface area contributed by atoms with Crippen molar-refractivity contribution in [3.8, 4) is 0 Å². The number of hydrogen-bond donors (Lipinski definition) is 12. The molecule has 0 aliphatic carbocycles. The molecule has 86 heavy (non-hydrogen) atoms. The summed E-state index contributed by atoms with van der Waals surface area (Å²) in [6, 6.07) is 0. The van der Waals surface area contributed by atoms with Gasteiger partial charge in [0.25, 0.3) is 17.1 Å². The number of imidazole rings is 3. The average molecular weight is 1300 g/mol. The predicted octanol–water partition coefficient (Wildman–Crippen LogP) is -3.94. The number of phosphoric ester groups is 3. The Morgan fingerprint density at radius 1 is 0.698 bits per heavy atom. The number of aryl methyl sites for hydroxylation is 1. The summed E-state index contributed by atoms with van der Waals surface area (Å²) < 4.78 is 122. The molecule has 3 aliphatic rings. The third-order valence-corrected chi connectivity index (χ3v) is 18.9. The molecule has 3 aliphatic heterocycles. The van der Waals surface area contributed by atoms with E-state index in [0.29, 0.717) is 0 Å². The Morgan fingerprint density at radius 2 is 1.28 bits per heavy atom. The summed E-state index contributed by atoms with van der Waals surface area (Å²) in [7, 11) is -18.4. The Morgan fingerprint density at radius 3 is 1.93 bits per heavy atom. The van der Waals surface area contributed by atoms with Crippen molar-refractivity contribution in [2.24, 2.45) is 13.0 Å². The fourth-order valence-corrected chi connectivity index (χ4v) is 14.2. The minimum Gasteiger partial charge on any atom is -0.387 e. The highest BCUT2D eigenvalue weighted by Crippen LogP contribution is 2.68. The number of ether oxygens (including phenoxy) is 6. The lowest BCUT2D eigenvalue weighted by Crippen LogP contribution is -2.46. The third kappa shape index (κ3) is 13.9. The molecule has 46 heteroatoms. The standard InChI is InChI=1S/C40H58N16O26P4/c1-52-16-56(33-24(52)35(62)51-40(43)49-33)36-25(58)17(9-21(57)53(5-7-71-2)6-8-72-3)18(77-36)10-75-84(65,66)81-86(69,70)82-85(67,68)76-12-20-28(29(73-4)38(79-20)54-14-46-22-30(41)44-13-45-31(22)54)80-83(63,64)74-11-19-26(59)27(60)37(78-19)55-15-47-23-32(55)48-39(42)50-34(23)61/h13-20,25-29,36-38,58-60H,5-12H2,1-4H3,(H11-,41,42,43,44,45,48,49,50,51,61,62,63,64,65,66,67,68,69,70)/p+1/t17-,18-,19-,20-,25-,26-,27-,28-,29-,36?,37-,38-/m1/s1. The van der Waals surface area contributed by atoms with Gasteiger partial charge in [0.15, 0.2) is 41.4 Å². The number of H-pyrrole nitrogens is 2. The van der Waals surface area contributed by atoms with E-state index in [-0.39, 0.29) is 77.5 Å². The lowest BCUT2D eigenvalue weighted by atomic mass is 9.93. The second-order valence-electron chi connectivity index (χ2n) is 19.2. The largest absolute Gasteiger partial charge is 0.490 e. The summed E-state index contributed by atoms with van der Waals surface area (Å²) >= 11 is 0. The number of fused-ring (bicyclic) bond motifs is 3. The minimum atomic E-state index is -6.28. The minimum absolute atomic E-state index is 0.00132. The molecular formula is C40H59N16O26P4+. The van der Waals surface area contributed by atoms with Gasteiger partial charge in [-0.05, 0) is 0 Å². The van der Waals surface area contributed by atoms with Crippen LogP contribution in [0.1, 0.15) is 25.1 Å². The van der Waals surface area contributed by atoms with Gasteiger partial charge < -0.3 is 85.4 Å². The Kier molecular flexibility index (Phi) is 19.4. The number of carbonyl (C=O) groups is 1. The van der Waals surface area contributed by atoms with Crippen LogP contribution in [0.15, 0.2) is 34.9 Å². The highest BCUT2D eigenvalue weighted by atomic mass is 31.3. The Hall–Kier alpha value is -5.72. The molecule has 0 spiro atoms. The first-order valence-electron chi connectivity index (χ1n) is 25.1. The van der Waals surface area contributed by atoms with E-state index in [0.717, 1.165) is 30.7 Å². The van der Waals surface area contributed by atoms with Crippen LogP contribution in [0.3, 0.4) is 0 Å². The third-order valence-electron chi connectivity index (χ3n) is 13.6. The number of phosphoric acid groups is 4. The number of anilines is 3. The number of rotatable bonds is 27. The van der Waals surface area contributed by atoms with Crippen molar-refractivity contribution >= 4 is 88.4 Å². The second kappa shape index (κ2) is 25.8. The number of aliphatic hydroxyl groups is 3. The molecule has 9 rings (SSSR count). The Bertz CT molecular complexity index is 3770. The SMILES string of the molecule is COCCN(CCOC)C(=O)C[C@@H]1[C@@H](COP(=O)(O)OP(=O)(O)OP(=O)(O)OC[C@H]2O[C@@H](n3cnc4c(N)ncnc43)[C@H](OC)[C@@H]2OP(=O)(O)OC[C@H]2O[C@@H](n3cnc4c(=O)[nH]c(N)nc43)[C@H](O)[C@@H]2O)OC([n+]2cn(C)c3c(=O)[nH]c(N)nc32)[C@@H]1O. The molecule has 474 valence electrons. The topological polar surface area (TPSA) is 581 Å². The summed E-state index contributed by atoms with van der Waals surface area (Å²) in [6.45, 7) is -3.06. The Balaban J connectivity index is 0.887. The summed E-state index contributed by atoms with van der Waals surface area (Å²) in [4.78, 5) is 113. The van der Waals surface area contributed by atoms with Gasteiger partial charge in [-0.3, -0.25) is 56.1 Å². The number of nitrogen functional groups attached to an aromatic ring is 3. The summed E-state index contributed by atoms with van der Waals surface area (Å²) in [5, 5.41) is 33.6. The molecule has 0 radical (unpaired) electrons. The average Bonchev–Trinajstić information content (AvgIpc) is 1.67. The van der Waals surface area contributed by atoms with Crippen molar-refractivity contribution in [2.45, 2.75) is 73.9 Å². The zero-order valence-corrected chi connectivity index (χ0v) is 48.8. The van der Waals surface area contributed by atoms with Gasteiger partial charge >= 0.3 is 36.9 Å². The molecule has 16 atom stereocenters. The van der Waals surface area contributed by atoms with E-state index in [1.165, 1.54) is 46.2 Å². The molecule has 15 N–H and O–H groups in total. The maximum Gasteiger partial charge on any atom is 0.490 e. The van der Waals surface area contributed by atoms with Crippen LogP contribution in [-0.4, -0.2) is 216 Å². The maximum atomic E-state index is 13.8. The van der Waals surface area contributed by atoms with Gasteiger partial charge in [-0.2, -0.15) is 13.6 Å². The highest BCUT2D eigenvalue weighted by Gasteiger charge is 2.54. The lowest BCUT2D eigenvalue weighted by Gasteiger charge is -2.26. The van der Waals surface area contributed by atoms with Gasteiger partial charge in [0.2, 0.25) is 23.6 Å². The zero-order valence-electron chi connectivity index (χ0n) is 45.2. The van der Waals surface area contributed by atoms with Gasteiger partial charge in [0.1, 0.15) is 54.6 Å². The summed E-state index contributed by atoms with van der Waals surface area (Å²) in [6.07, 6.45) is -14.3. The van der Waals surface area contributed by atoms with E-state index in [9.17, 15) is 67.5 Å². The molecule has 9 heterocycles. The van der Waals surface area contributed by atoms with Crippen molar-refractivity contribution < 1.29 is 118 Å². The van der Waals surface area contributed by atoms with Crippen molar-refractivity contribution in [3.63, 3.8) is 0 Å².